The van der Waals surface area contributed by atoms with Gasteiger partial charge >= 0.3 is 18.1 Å². The summed E-state index contributed by atoms with van der Waals surface area (Å²) in [5, 5.41) is 10.6. The van der Waals surface area contributed by atoms with Gasteiger partial charge in [0.05, 0.1) is 5.56 Å². The molecule has 0 aliphatic heterocycles. The molecule has 0 spiro atoms. The molecule has 0 fully saturated rings. The highest BCUT2D eigenvalue weighted by atomic mass is 19.4. The van der Waals surface area contributed by atoms with E-state index in [4.69, 9.17) is 5.11 Å². The fraction of sp³-hybridized carbons (Fsp3) is 0.333. The maximum atomic E-state index is 12.0. The van der Waals surface area contributed by atoms with Crippen molar-refractivity contribution >= 4 is 11.9 Å². The van der Waals surface area contributed by atoms with E-state index in [1.807, 2.05) is 0 Å². The molecule has 0 aliphatic carbocycles. The minimum Gasteiger partial charge on any atom is -0.478 e. The van der Waals surface area contributed by atoms with E-state index in [0.717, 1.165) is 0 Å². The number of alkyl halides is 3. The summed E-state index contributed by atoms with van der Waals surface area (Å²) < 4.78 is 36.1. The molecule has 4 nitrogen and oxygen atoms in total. The number of amides is 1. The normalized spacial score (nSPS) is 12.8. The molecule has 1 atom stereocenters. The van der Waals surface area contributed by atoms with Crippen LogP contribution in [0.15, 0.2) is 24.3 Å². The van der Waals surface area contributed by atoms with Crippen LogP contribution >= 0.6 is 0 Å². The fourth-order valence-corrected chi connectivity index (χ4v) is 1.54. The Balaban J connectivity index is 2.67. The van der Waals surface area contributed by atoms with Gasteiger partial charge in [0.15, 0.2) is 0 Å². The molecule has 0 heterocycles. The maximum Gasteiger partial charge on any atom is 0.471 e. The van der Waals surface area contributed by atoms with Gasteiger partial charge in [-0.1, -0.05) is 12.1 Å². The zero-order valence-electron chi connectivity index (χ0n) is 9.99. The van der Waals surface area contributed by atoms with Crippen LogP contribution in [0, 0.1) is 0 Å². The van der Waals surface area contributed by atoms with Crippen LogP contribution in [-0.2, 0) is 11.2 Å². The van der Waals surface area contributed by atoms with Gasteiger partial charge in [0.2, 0.25) is 0 Å². The third-order valence-corrected chi connectivity index (χ3v) is 2.35. The Bertz CT molecular complexity index is 485. The topological polar surface area (TPSA) is 66.4 Å². The van der Waals surface area contributed by atoms with Gasteiger partial charge in [-0.15, -0.1) is 0 Å². The third kappa shape index (κ3) is 4.61. The standard InChI is InChI=1S/C12H12F3NO3/c1-7(16-11(19)12(13,14)15)5-8-3-2-4-9(6-8)10(17)18/h2-4,6-7H,5H2,1H3,(H,16,19)(H,17,18). The first-order valence-electron chi connectivity index (χ1n) is 5.40. The number of aromatic carboxylic acids is 1. The minimum atomic E-state index is -4.92. The largest absolute Gasteiger partial charge is 0.478 e. The highest BCUT2D eigenvalue weighted by Gasteiger charge is 2.39. The fourth-order valence-electron chi connectivity index (χ4n) is 1.54. The summed E-state index contributed by atoms with van der Waals surface area (Å²) in [5.74, 6) is -3.12. The van der Waals surface area contributed by atoms with Crippen molar-refractivity contribution in [2.45, 2.75) is 25.6 Å². The molecule has 1 unspecified atom stereocenters. The lowest BCUT2D eigenvalue weighted by Gasteiger charge is -2.15. The highest BCUT2D eigenvalue weighted by Crippen LogP contribution is 2.15. The number of rotatable bonds is 4. The smallest absolute Gasteiger partial charge is 0.471 e. The molecule has 0 aromatic heterocycles. The van der Waals surface area contributed by atoms with Crippen LogP contribution in [0.3, 0.4) is 0 Å². The number of carboxylic acids is 1. The van der Waals surface area contributed by atoms with Crippen molar-refractivity contribution in [3.8, 4) is 0 Å². The first-order valence-corrected chi connectivity index (χ1v) is 5.40. The number of halogens is 3. The van der Waals surface area contributed by atoms with Gasteiger partial charge < -0.3 is 10.4 Å². The average molecular weight is 275 g/mol. The summed E-state index contributed by atoms with van der Waals surface area (Å²) in [6, 6.07) is 5.07. The molecule has 0 saturated carbocycles. The highest BCUT2D eigenvalue weighted by molar-refractivity contribution is 5.87. The molecule has 1 aromatic rings. The van der Waals surface area contributed by atoms with Crippen molar-refractivity contribution < 1.29 is 27.9 Å². The quantitative estimate of drug-likeness (QED) is 0.883. The van der Waals surface area contributed by atoms with E-state index in [1.54, 1.807) is 11.4 Å². The van der Waals surface area contributed by atoms with Crippen LogP contribution in [0.1, 0.15) is 22.8 Å². The summed E-state index contributed by atoms with van der Waals surface area (Å²) in [7, 11) is 0. The Kier molecular flexibility index (Phi) is 4.52. The summed E-state index contributed by atoms with van der Waals surface area (Å²) in [5.41, 5.74) is 0.585. The van der Waals surface area contributed by atoms with E-state index in [9.17, 15) is 22.8 Å². The molecule has 104 valence electrons. The SMILES string of the molecule is CC(Cc1cccc(C(=O)O)c1)NC(=O)C(F)(F)F. The molecule has 1 aromatic carbocycles. The number of benzene rings is 1. The number of hydrogen-bond acceptors (Lipinski definition) is 2. The second-order valence-electron chi connectivity index (χ2n) is 4.08. The molecular formula is C12H12F3NO3. The lowest BCUT2D eigenvalue weighted by atomic mass is 10.0. The third-order valence-electron chi connectivity index (χ3n) is 2.35. The maximum absolute atomic E-state index is 12.0. The molecule has 0 saturated heterocycles. The van der Waals surface area contributed by atoms with Crippen molar-refractivity contribution in [2.24, 2.45) is 0 Å². The molecule has 1 amide bonds. The molecular weight excluding hydrogens is 263 g/mol. The number of carbonyl (C=O) groups excluding carboxylic acids is 1. The first-order chi connectivity index (χ1) is 8.70. The van der Waals surface area contributed by atoms with E-state index < -0.39 is 24.1 Å². The lowest BCUT2D eigenvalue weighted by molar-refractivity contribution is -0.174. The Labute approximate surface area is 107 Å². The first kappa shape index (κ1) is 15.0. The lowest BCUT2D eigenvalue weighted by Crippen LogP contribution is -2.42. The van der Waals surface area contributed by atoms with Gasteiger partial charge in [-0.05, 0) is 31.0 Å². The average Bonchev–Trinajstić information content (AvgIpc) is 2.27. The molecule has 1 rings (SSSR count). The molecule has 19 heavy (non-hydrogen) atoms. The van der Waals surface area contributed by atoms with E-state index in [-0.39, 0.29) is 12.0 Å². The predicted molar refractivity (Wildman–Crippen MR) is 60.8 cm³/mol. The van der Waals surface area contributed by atoms with Gasteiger partial charge in [-0.2, -0.15) is 13.2 Å². The Morgan fingerprint density at radius 3 is 2.53 bits per heavy atom. The van der Waals surface area contributed by atoms with Crippen LogP contribution in [0.5, 0.6) is 0 Å². The van der Waals surface area contributed by atoms with E-state index in [0.29, 0.717) is 5.56 Å². The zero-order chi connectivity index (χ0) is 14.6. The van der Waals surface area contributed by atoms with Crippen molar-refractivity contribution in [1.82, 2.24) is 5.32 Å². The van der Waals surface area contributed by atoms with Gasteiger partial charge in [-0.3, -0.25) is 4.79 Å². The van der Waals surface area contributed by atoms with Gasteiger partial charge in [0.1, 0.15) is 0 Å². The Morgan fingerprint density at radius 1 is 1.37 bits per heavy atom. The Morgan fingerprint density at radius 2 is 2.00 bits per heavy atom. The molecule has 2 N–H and O–H groups in total. The molecule has 7 heteroatoms. The van der Waals surface area contributed by atoms with Gasteiger partial charge in [0, 0.05) is 6.04 Å². The second-order valence-corrected chi connectivity index (χ2v) is 4.08. The molecule has 0 bridgehead atoms. The van der Waals surface area contributed by atoms with Crippen LogP contribution < -0.4 is 5.32 Å². The van der Waals surface area contributed by atoms with Crippen LogP contribution in [0.2, 0.25) is 0 Å². The van der Waals surface area contributed by atoms with Crippen molar-refractivity contribution in [2.75, 3.05) is 0 Å². The number of hydrogen-bond donors (Lipinski definition) is 2. The van der Waals surface area contributed by atoms with E-state index in [2.05, 4.69) is 0 Å². The van der Waals surface area contributed by atoms with Crippen molar-refractivity contribution in [1.29, 1.82) is 0 Å². The van der Waals surface area contributed by atoms with Crippen molar-refractivity contribution in [3.05, 3.63) is 35.4 Å². The van der Waals surface area contributed by atoms with Gasteiger partial charge in [0.25, 0.3) is 0 Å². The zero-order valence-corrected chi connectivity index (χ0v) is 9.99. The summed E-state index contributed by atoms with van der Waals surface area (Å²) in [4.78, 5) is 21.4. The molecule has 0 aliphatic rings. The van der Waals surface area contributed by atoms with E-state index >= 15 is 0 Å². The number of carboxylic acid groups (broad SMARTS) is 1. The van der Waals surface area contributed by atoms with Crippen LogP contribution in [0.25, 0.3) is 0 Å². The predicted octanol–water partition coefficient (Wildman–Crippen LogP) is 1.99. The van der Waals surface area contributed by atoms with Crippen LogP contribution in [-0.4, -0.2) is 29.2 Å². The minimum absolute atomic E-state index is 0.0480. The second kappa shape index (κ2) is 5.73. The monoisotopic (exact) mass is 275 g/mol. The summed E-state index contributed by atoms with van der Waals surface area (Å²) in [6.45, 7) is 1.41. The summed E-state index contributed by atoms with van der Waals surface area (Å²) >= 11 is 0. The summed E-state index contributed by atoms with van der Waals surface area (Å²) in [6.07, 6.45) is -4.81. The van der Waals surface area contributed by atoms with Crippen molar-refractivity contribution in [3.63, 3.8) is 0 Å². The van der Waals surface area contributed by atoms with Gasteiger partial charge in [-0.25, -0.2) is 4.79 Å². The van der Waals surface area contributed by atoms with Crippen LogP contribution in [0.4, 0.5) is 13.2 Å². The number of nitrogens with one attached hydrogen (secondary N) is 1. The Hall–Kier alpha value is -2.05. The molecule has 0 radical (unpaired) electrons. The number of carbonyl (C=O) groups is 2. The van der Waals surface area contributed by atoms with E-state index in [1.165, 1.54) is 25.1 Å².